The van der Waals surface area contributed by atoms with Gasteiger partial charge in [-0.2, -0.15) is 0 Å². The van der Waals surface area contributed by atoms with Gasteiger partial charge >= 0.3 is 23.9 Å². The lowest BCUT2D eigenvalue weighted by Gasteiger charge is -2.43. The van der Waals surface area contributed by atoms with Crippen LogP contribution in [0.15, 0.2) is 28.9 Å². The summed E-state index contributed by atoms with van der Waals surface area (Å²) in [5.41, 5.74) is 8.01. The maximum Gasteiger partial charge on any atom is 0.309 e. The molecule has 4 N–H and O–H groups in total. The van der Waals surface area contributed by atoms with Gasteiger partial charge in [0.15, 0.2) is 0 Å². The summed E-state index contributed by atoms with van der Waals surface area (Å²) in [5, 5.41) is 39.7. The van der Waals surface area contributed by atoms with Crippen LogP contribution in [0.2, 0.25) is 0 Å². The molecular weight excluding hydrogens is 765 g/mol. The second kappa shape index (κ2) is 20.4. The molecule has 342 valence electrons. The molecule has 8 heteroatoms. The third-order valence-corrected chi connectivity index (χ3v) is 16.4. The van der Waals surface area contributed by atoms with E-state index in [1.807, 2.05) is 13.8 Å². The van der Waals surface area contributed by atoms with Crippen molar-refractivity contribution in [1.82, 2.24) is 0 Å². The van der Waals surface area contributed by atoms with Gasteiger partial charge in [-0.3, -0.25) is 19.2 Å². The average Bonchev–Trinajstić information content (AvgIpc) is 4.11. The molecule has 61 heavy (non-hydrogen) atoms. The lowest BCUT2D eigenvalue weighted by atomic mass is 9.61. The molecule has 4 unspecified atom stereocenters. The van der Waals surface area contributed by atoms with Crippen LogP contribution in [0.25, 0.3) is 0 Å². The van der Waals surface area contributed by atoms with Crippen molar-refractivity contribution >= 4 is 23.9 Å². The molecule has 0 spiro atoms. The summed E-state index contributed by atoms with van der Waals surface area (Å²) in [4.78, 5) is 48.3. The molecule has 4 rings (SSSR count). The Hall–Kier alpha value is -3.42. The van der Waals surface area contributed by atoms with Crippen molar-refractivity contribution in [3.05, 3.63) is 56.7 Å². The summed E-state index contributed by atoms with van der Waals surface area (Å²) >= 11 is 0. The van der Waals surface area contributed by atoms with E-state index >= 15 is 0 Å². The Morgan fingerprint density at radius 1 is 0.672 bits per heavy atom. The fourth-order valence-corrected chi connectivity index (χ4v) is 10.8. The monoisotopic (exact) mass is 847 g/mol. The van der Waals surface area contributed by atoms with Crippen LogP contribution >= 0.6 is 0 Å². The fourth-order valence-electron chi connectivity index (χ4n) is 10.8. The summed E-state index contributed by atoms with van der Waals surface area (Å²) in [5.74, 6) is -2.34. The van der Waals surface area contributed by atoms with Crippen LogP contribution in [0.4, 0.5) is 0 Å². The molecule has 0 aromatic heterocycles. The predicted octanol–water partition coefficient (Wildman–Crippen LogP) is 13.3. The molecule has 0 saturated heterocycles. The number of carboxylic acid groups (broad SMARTS) is 4. The number of aliphatic carboxylic acids is 4. The topological polar surface area (TPSA) is 149 Å². The molecule has 2 saturated carbocycles. The zero-order chi connectivity index (χ0) is 45.6. The lowest BCUT2D eigenvalue weighted by molar-refractivity contribution is -0.148. The first kappa shape index (κ1) is 50.2. The lowest BCUT2D eigenvalue weighted by Crippen LogP contribution is -2.33. The van der Waals surface area contributed by atoms with E-state index in [2.05, 4.69) is 53.7 Å². The number of aryl methyl sites for hydroxylation is 1. The molecule has 0 aliphatic heterocycles. The third-order valence-electron chi connectivity index (χ3n) is 16.4. The highest BCUT2D eigenvalue weighted by Gasteiger charge is 2.59. The van der Waals surface area contributed by atoms with Gasteiger partial charge in [-0.15, -0.1) is 0 Å². The number of carboxylic acids is 4. The van der Waals surface area contributed by atoms with Gasteiger partial charge in [0.05, 0.1) is 21.7 Å². The van der Waals surface area contributed by atoms with E-state index in [4.69, 9.17) is 0 Å². The number of allylic oxidation sites excluding steroid dienone is 4. The highest BCUT2D eigenvalue weighted by molar-refractivity contribution is 5.79. The molecule has 2 fully saturated rings. The molecule has 3 aliphatic rings. The summed E-state index contributed by atoms with van der Waals surface area (Å²) in [6.07, 6.45) is 21.3. The zero-order valence-electron chi connectivity index (χ0n) is 39.8. The van der Waals surface area contributed by atoms with Crippen LogP contribution in [-0.4, -0.2) is 44.3 Å². The third kappa shape index (κ3) is 12.2. The SMILES string of the molecule is CC1=CC(C)=C(C)C(CCCCC(C)(C)C(=O)O)C1(C)CCCCCC1(C(=O)O)CC1Cc1cc(C)c(C)c(CCCCCC2(C(=O)O)CC2)c1CCCCC(C)(C)C(=O)O. The van der Waals surface area contributed by atoms with Crippen LogP contribution in [0, 0.1) is 52.8 Å². The minimum atomic E-state index is -0.776. The van der Waals surface area contributed by atoms with Gasteiger partial charge in [0, 0.05) is 0 Å². The van der Waals surface area contributed by atoms with Crippen molar-refractivity contribution in [2.75, 3.05) is 0 Å². The molecule has 3 aliphatic carbocycles. The molecule has 0 bridgehead atoms. The van der Waals surface area contributed by atoms with Gasteiger partial charge < -0.3 is 20.4 Å². The van der Waals surface area contributed by atoms with Crippen LogP contribution in [0.1, 0.15) is 205 Å². The van der Waals surface area contributed by atoms with Crippen molar-refractivity contribution < 1.29 is 39.6 Å². The summed E-state index contributed by atoms with van der Waals surface area (Å²) in [6.45, 7) is 20.7. The van der Waals surface area contributed by atoms with E-state index in [1.165, 1.54) is 44.5 Å². The Morgan fingerprint density at radius 3 is 1.79 bits per heavy atom. The van der Waals surface area contributed by atoms with E-state index < -0.39 is 45.5 Å². The normalized spacial score (nSPS) is 23.5. The predicted molar refractivity (Wildman–Crippen MR) is 245 cm³/mol. The average molecular weight is 847 g/mol. The first-order valence-corrected chi connectivity index (χ1v) is 23.8. The number of carbonyl (C=O) groups is 4. The maximum atomic E-state index is 13.0. The summed E-state index contributed by atoms with van der Waals surface area (Å²) in [7, 11) is 0. The van der Waals surface area contributed by atoms with Gasteiger partial charge in [-0.05, 0) is 197 Å². The van der Waals surface area contributed by atoms with Crippen LogP contribution in [0.5, 0.6) is 0 Å². The van der Waals surface area contributed by atoms with Crippen molar-refractivity contribution in [2.24, 2.45) is 38.9 Å². The van der Waals surface area contributed by atoms with Crippen molar-refractivity contribution in [2.45, 2.75) is 210 Å². The largest absolute Gasteiger partial charge is 0.481 e. The van der Waals surface area contributed by atoms with Crippen LogP contribution in [-0.2, 0) is 38.4 Å². The molecule has 1 aromatic rings. The van der Waals surface area contributed by atoms with E-state index in [1.54, 1.807) is 13.8 Å². The van der Waals surface area contributed by atoms with Gasteiger partial charge in [0.2, 0.25) is 0 Å². The molecule has 0 amide bonds. The van der Waals surface area contributed by atoms with Crippen molar-refractivity contribution in [3.8, 4) is 0 Å². The maximum absolute atomic E-state index is 13.0. The highest BCUT2D eigenvalue weighted by atomic mass is 16.4. The number of benzene rings is 1. The van der Waals surface area contributed by atoms with Crippen molar-refractivity contribution in [3.63, 3.8) is 0 Å². The molecule has 1 aromatic carbocycles. The Bertz CT molecular complexity index is 1820. The first-order chi connectivity index (χ1) is 28.4. The van der Waals surface area contributed by atoms with Gasteiger partial charge in [-0.1, -0.05) is 87.2 Å². The number of rotatable bonds is 28. The summed E-state index contributed by atoms with van der Waals surface area (Å²) in [6, 6.07) is 2.30. The minimum absolute atomic E-state index is 0.0249. The quantitative estimate of drug-likeness (QED) is 0.0609. The van der Waals surface area contributed by atoms with Gasteiger partial charge in [0.25, 0.3) is 0 Å². The first-order valence-electron chi connectivity index (χ1n) is 23.8. The molecule has 4 atom stereocenters. The van der Waals surface area contributed by atoms with Crippen LogP contribution in [0.3, 0.4) is 0 Å². The van der Waals surface area contributed by atoms with E-state index in [-0.39, 0.29) is 11.3 Å². The number of unbranched alkanes of at least 4 members (excludes halogenated alkanes) is 6. The Morgan fingerprint density at radius 2 is 1.21 bits per heavy atom. The van der Waals surface area contributed by atoms with E-state index in [9.17, 15) is 39.6 Å². The second-order valence-corrected chi connectivity index (χ2v) is 21.7. The molecular formula is C53H82O8. The van der Waals surface area contributed by atoms with Gasteiger partial charge in [0.1, 0.15) is 0 Å². The zero-order valence-corrected chi connectivity index (χ0v) is 39.8. The van der Waals surface area contributed by atoms with Gasteiger partial charge in [-0.25, -0.2) is 0 Å². The Kier molecular flexibility index (Phi) is 16.8. The second-order valence-electron chi connectivity index (χ2n) is 21.7. The van der Waals surface area contributed by atoms with E-state index in [0.717, 1.165) is 116 Å². The number of hydrogen-bond donors (Lipinski definition) is 4. The fraction of sp³-hybridized carbons (Fsp3) is 0.736. The standard InChI is InChI=1S/C53H82O8/c1-35-31-37(3)51(10,44(39(35)5)23-15-20-25-50(8,9)46(56)57)26-16-12-18-28-53(48(60)61)34-41(53)33-40-32-36(2)38(4)42(21-13-11-17-27-52(29-30-52)47(58)59)43(40)22-14-19-24-49(6,7)45(54)55/h31-32,41,44H,11-30,33-34H2,1-10H3,(H,54,55)(H,56,57)(H,58,59)(H,60,61). The smallest absolute Gasteiger partial charge is 0.309 e. The highest BCUT2D eigenvalue weighted by Crippen LogP contribution is 2.58. The molecule has 0 radical (unpaired) electrons. The van der Waals surface area contributed by atoms with Crippen molar-refractivity contribution in [1.29, 1.82) is 0 Å². The van der Waals surface area contributed by atoms with E-state index in [0.29, 0.717) is 31.6 Å². The Labute approximate surface area is 368 Å². The molecule has 8 nitrogen and oxygen atoms in total. The van der Waals surface area contributed by atoms with Crippen LogP contribution < -0.4 is 0 Å². The molecule has 0 heterocycles. The number of hydrogen-bond acceptors (Lipinski definition) is 4. The Balaban J connectivity index is 1.41. The minimum Gasteiger partial charge on any atom is -0.481 e. The summed E-state index contributed by atoms with van der Waals surface area (Å²) < 4.78 is 0.